The molecule has 0 radical (unpaired) electrons. The van der Waals surface area contributed by atoms with Gasteiger partial charge in [-0.2, -0.15) is 9.97 Å². The number of esters is 1. The van der Waals surface area contributed by atoms with E-state index in [1.165, 1.54) is 7.11 Å². The zero-order valence-electron chi connectivity index (χ0n) is 29.1. The van der Waals surface area contributed by atoms with Crippen LogP contribution in [0.25, 0.3) is 33.4 Å². The Labute approximate surface area is 301 Å². The van der Waals surface area contributed by atoms with Gasteiger partial charge in [0.25, 0.3) is 0 Å². The van der Waals surface area contributed by atoms with Crippen molar-refractivity contribution >= 4 is 39.7 Å². The van der Waals surface area contributed by atoms with Gasteiger partial charge >= 0.3 is 5.97 Å². The van der Waals surface area contributed by atoms with E-state index in [0.29, 0.717) is 23.5 Å². The molecule has 0 spiro atoms. The second-order valence-electron chi connectivity index (χ2n) is 13.4. The van der Waals surface area contributed by atoms with Crippen LogP contribution in [-0.4, -0.2) is 81.8 Å². The van der Waals surface area contributed by atoms with E-state index in [0.717, 1.165) is 90.4 Å². The summed E-state index contributed by atoms with van der Waals surface area (Å²) in [6.07, 6.45) is 13.9. The van der Waals surface area contributed by atoms with Crippen molar-refractivity contribution in [2.24, 2.45) is 0 Å². The fraction of sp³-hybridized carbons (Fsp3) is 0.359. The molecule has 0 saturated heterocycles. The summed E-state index contributed by atoms with van der Waals surface area (Å²) in [6, 6.07) is 19.6. The molecule has 8 rings (SSSR count). The number of nitrogens with one attached hydrogen (secondary N) is 2. The van der Waals surface area contributed by atoms with Gasteiger partial charge in [0.05, 0.1) is 42.5 Å². The first-order chi connectivity index (χ1) is 25.4. The molecule has 270 valence electrons. The van der Waals surface area contributed by atoms with Crippen molar-refractivity contribution in [3.05, 3.63) is 96.6 Å². The standard InChI is InChI=1S/C20H22N4O3.C19H22N4O2/c1-27-19(26)16-3-2-4-17-15(16)10-12-24(17)18-9-11-21-20(23-18)22-13-5-7-14(25)8-6-13;24-12-13-2-1-3-17-16(13)9-11-23(17)18-8-10-20-19(22-18)21-14-4-6-15(25)7-5-14/h2-4,9-14,25H,5-8H2,1H3,(H,21,22,23);1-3,8-11,14-15,24-25H,4-7,12H2,(H,20,21,22). The van der Waals surface area contributed by atoms with Crippen LogP contribution in [0.15, 0.2) is 85.5 Å². The number of aromatic nitrogens is 6. The maximum Gasteiger partial charge on any atom is 0.338 e. The minimum atomic E-state index is -0.358. The highest BCUT2D eigenvalue weighted by atomic mass is 16.5. The first-order valence-corrected chi connectivity index (χ1v) is 17.8. The van der Waals surface area contributed by atoms with Gasteiger partial charge in [0, 0.05) is 47.6 Å². The summed E-state index contributed by atoms with van der Waals surface area (Å²) in [5.41, 5.74) is 3.33. The van der Waals surface area contributed by atoms with E-state index < -0.39 is 0 Å². The monoisotopic (exact) mass is 704 g/mol. The third-order valence-electron chi connectivity index (χ3n) is 9.97. The van der Waals surface area contributed by atoms with E-state index in [1.54, 1.807) is 18.5 Å². The van der Waals surface area contributed by atoms with Crippen LogP contribution in [0.2, 0.25) is 0 Å². The fourth-order valence-corrected chi connectivity index (χ4v) is 7.14. The number of ether oxygens (including phenoxy) is 1. The minimum Gasteiger partial charge on any atom is -0.465 e. The predicted octanol–water partition coefficient (Wildman–Crippen LogP) is 5.55. The highest BCUT2D eigenvalue weighted by molar-refractivity contribution is 6.04. The molecule has 4 heterocycles. The highest BCUT2D eigenvalue weighted by Crippen LogP contribution is 2.27. The molecule has 4 aromatic heterocycles. The summed E-state index contributed by atoms with van der Waals surface area (Å²) in [4.78, 5) is 29.9. The highest BCUT2D eigenvalue weighted by Gasteiger charge is 2.21. The number of hydrogen-bond acceptors (Lipinski definition) is 11. The molecule has 13 nitrogen and oxygen atoms in total. The molecule has 2 saturated carbocycles. The molecule has 0 aliphatic heterocycles. The largest absolute Gasteiger partial charge is 0.465 e. The van der Waals surface area contributed by atoms with Gasteiger partial charge in [-0.25, -0.2) is 14.8 Å². The van der Waals surface area contributed by atoms with E-state index in [4.69, 9.17) is 4.74 Å². The molecule has 2 aliphatic rings. The van der Waals surface area contributed by atoms with Crippen molar-refractivity contribution in [1.82, 2.24) is 29.1 Å². The van der Waals surface area contributed by atoms with Crippen LogP contribution in [0.4, 0.5) is 11.9 Å². The molecular formula is C39H44N8O5. The Bertz CT molecular complexity index is 2130. The van der Waals surface area contributed by atoms with E-state index >= 15 is 0 Å². The molecule has 0 unspecified atom stereocenters. The Morgan fingerprint density at radius 2 is 1.21 bits per heavy atom. The third kappa shape index (κ3) is 7.76. The number of benzene rings is 2. The molecular weight excluding hydrogens is 660 g/mol. The Hall–Kier alpha value is -5.37. The van der Waals surface area contributed by atoms with Gasteiger partial charge < -0.3 is 39.8 Å². The van der Waals surface area contributed by atoms with Crippen molar-refractivity contribution in [3.8, 4) is 11.6 Å². The van der Waals surface area contributed by atoms with Gasteiger partial charge in [0.2, 0.25) is 11.9 Å². The van der Waals surface area contributed by atoms with Crippen molar-refractivity contribution < 1.29 is 24.9 Å². The van der Waals surface area contributed by atoms with Crippen LogP contribution >= 0.6 is 0 Å². The van der Waals surface area contributed by atoms with Crippen LogP contribution in [0.5, 0.6) is 0 Å². The molecule has 13 heteroatoms. The summed E-state index contributed by atoms with van der Waals surface area (Å²) in [5.74, 6) is 2.33. The number of methoxy groups -OCH3 is 1. The van der Waals surface area contributed by atoms with Crippen LogP contribution in [0, 0.1) is 0 Å². The minimum absolute atomic E-state index is 0.0193. The van der Waals surface area contributed by atoms with E-state index in [2.05, 4.69) is 30.6 Å². The number of carbonyl (C=O) groups excluding carboxylic acids is 1. The van der Waals surface area contributed by atoms with Gasteiger partial charge in [-0.15, -0.1) is 0 Å². The maximum absolute atomic E-state index is 12.0. The van der Waals surface area contributed by atoms with Crippen LogP contribution in [0.1, 0.15) is 67.3 Å². The summed E-state index contributed by atoms with van der Waals surface area (Å²) in [7, 11) is 1.38. The van der Waals surface area contributed by atoms with E-state index in [-0.39, 0.29) is 30.8 Å². The Balaban J connectivity index is 0.000000162. The normalized spacial score (nSPS) is 20.2. The Morgan fingerprint density at radius 3 is 1.73 bits per heavy atom. The number of hydrogen-bond donors (Lipinski definition) is 5. The summed E-state index contributed by atoms with van der Waals surface area (Å²) in [5, 5.41) is 37.4. The Kier molecular flexibility index (Phi) is 10.7. The lowest BCUT2D eigenvalue weighted by Crippen LogP contribution is -2.29. The van der Waals surface area contributed by atoms with Gasteiger partial charge in [0.1, 0.15) is 11.6 Å². The number of nitrogens with zero attached hydrogens (tertiary/aromatic N) is 6. The lowest BCUT2D eigenvalue weighted by Gasteiger charge is -2.26. The molecule has 5 N–H and O–H groups in total. The van der Waals surface area contributed by atoms with E-state index in [9.17, 15) is 20.1 Å². The predicted molar refractivity (Wildman–Crippen MR) is 199 cm³/mol. The number of anilines is 2. The number of aliphatic hydroxyl groups is 3. The summed E-state index contributed by atoms with van der Waals surface area (Å²) < 4.78 is 8.80. The molecule has 2 aromatic carbocycles. The zero-order chi connectivity index (χ0) is 36.0. The smallest absolute Gasteiger partial charge is 0.338 e. The first kappa shape index (κ1) is 35.1. The fourth-order valence-electron chi connectivity index (χ4n) is 7.14. The van der Waals surface area contributed by atoms with E-state index in [1.807, 2.05) is 76.1 Å². The quantitative estimate of drug-likeness (QED) is 0.126. The molecule has 52 heavy (non-hydrogen) atoms. The van der Waals surface area contributed by atoms with Crippen LogP contribution in [-0.2, 0) is 11.3 Å². The molecule has 2 aliphatic carbocycles. The second kappa shape index (κ2) is 15.9. The molecule has 2 fully saturated rings. The van der Waals surface area contributed by atoms with Crippen LogP contribution < -0.4 is 10.6 Å². The van der Waals surface area contributed by atoms with Gasteiger partial charge in [-0.1, -0.05) is 18.2 Å². The third-order valence-corrected chi connectivity index (χ3v) is 9.97. The Morgan fingerprint density at radius 1 is 0.712 bits per heavy atom. The first-order valence-electron chi connectivity index (χ1n) is 17.8. The van der Waals surface area contributed by atoms with Gasteiger partial charge in [-0.3, -0.25) is 0 Å². The van der Waals surface area contributed by atoms with Crippen molar-refractivity contribution in [2.75, 3.05) is 17.7 Å². The number of carbonyl (C=O) groups is 1. The summed E-state index contributed by atoms with van der Waals surface area (Å²) >= 11 is 0. The van der Waals surface area contributed by atoms with Gasteiger partial charge in [-0.05, 0) is 99.4 Å². The SMILES string of the molecule is COC(=O)c1cccc2c1ccn2-c1ccnc(NC2CCC(O)CC2)n1.OCc1cccc2c1ccn2-c1ccnc(NC2CCC(O)CC2)n1. The average Bonchev–Trinajstić information content (AvgIpc) is 3.82. The number of rotatable bonds is 8. The van der Waals surface area contributed by atoms with Gasteiger partial charge in [0.15, 0.2) is 0 Å². The van der Waals surface area contributed by atoms with Crippen LogP contribution in [0.3, 0.4) is 0 Å². The molecule has 6 aromatic rings. The van der Waals surface area contributed by atoms with Crippen molar-refractivity contribution in [1.29, 1.82) is 0 Å². The zero-order valence-corrected chi connectivity index (χ0v) is 29.1. The number of aliphatic hydroxyl groups excluding tert-OH is 3. The maximum atomic E-state index is 12.0. The van der Waals surface area contributed by atoms with Crippen molar-refractivity contribution in [2.45, 2.75) is 82.3 Å². The molecule has 0 atom stereocenters. The number of fused-ring (bicyclic) bond motifs is 2. The molecule has 0 amide bonds. The lowest BCUT2D eigenvalue weighted by atomic mass is 9.93. The average molecular weight is 705 g/mol. The second-order valence-corrected chi connectivity index (χ2v) is 13.4. The topological polar surface area (TPSA) is 172 Å². The van der Waals surface area contributed by atoms with Crippen molar-refractivity contribution in [3.63, 3.8) is 0 Å². The molecule has 0 bridgehead atoms. The summed E-state index contributed by atoms with van der Waals surface area (Å²) in [6.45, 7) is 0.0193. The lowest BCUT2D eigenvalue weighted by molar-refractivity contribution is 0.0603.